The van der Waals surface area contributed by atoms with Crippen molar-refractivity contribution in [2.75, 3.05) is 12.3 Å². The highest BCUT2D eigenvalue weighted by Gasteiger charge is 2.14. The second-order valence-electron chi connectivity index (χ2n) is 4.89. The molecule has 0 saturated carbocycles. The molecular weight excluding hydrogens is 268 g/mol. The third kappa shape index (κ3) is 2.56. The predicted octanol–water partition coefficient (Wildman–Crippen LogP) is 2.75. The Morgan fingerprint density at radius 1 is 1.38 bits per heavy atom. The Hall–Kier alpha value is -2.50. The maximum atomic E-state index is 6.03. The van der Waals surface area contributed by atoms with E-state index in [0.29, 0.717) is 25.0 Å². The molecule has 0 radical (unpaired) electrons. The summed E-state index contributed by atoms with van der Waals surface area (Å²) in [7, 11) is 0. The first kappa shape index (κ1) is 13.5. The molecular formula is C15H18N4O2. The van der Waals surface area contributed by atoms with Crippen LogP contribution in [0.2, 0.25) is 0 Å². The fourth-order valence-electron chi connectivity index (χ4n) is 2.24. The topological polar surface area (TPSA) is 79.1 Å². The molecule has 0 amide bonds. The molecule has 2 heterocycles. The number of para-hydroxylation sites is 1. The molecule has 0 aliphatic heterocycles. The van der Waals surface area contributed by atoms with Crippen molar-refractivity contribution in [2.24, 2.45) is 0 Å². The lowest BCUT2D eigenvalue weighted by atomic mass is 10.3. The molecule has 110 valence electrons. The fourth-order valence-corrected chi connectivity index (χ4v) is 2.24. The predicted molar refractivity (Wildman–Crippen MR) is 80.3 cm³/mol. The first-order valence-corrected chi connectivity index (χ1v) is 6.98. The molecule has 1 aromatic carbocycles. The summed E-state index contributed by atoms with van der Waals surface area (Å²) >= 11 is 0. The van der Waals surface area contributed by atoms with E-state index in [9.17, 15) is 0 Å². The first-order chi connectivity index (χ1) is 10.2. The number of hydrogen-bond donors (Lipinski definition) is 1. The number of ether oxygens (including phenoxy) is 1. The van der Waals surface area contributed by atoms with Gasteiger partial charge < -0.3 is 19.5 Å². The van der Waals surface area contributed by atoms with Gasteiger partial charge in [-0.05, 0) is 25.5 Å². The number of oxazole rings is 1. The molecule has 0 atom stereocenters. The zero-order valence-corrected chi connectivity index (χ0v) is 12.2. The number of nitrogens with two attached hydrogens (primary N) is 1. The summed E-state index contributed by atoms with van der Waals surface area (Å²) in [5.74, 6) is 2.56. The van der Waals surface area contributed by atoms with Crippen LogP contribution in [0.3, 0.4) is 0 Å². The molecule has 0 fully saturated rings. The van der Waals surface area contributed by atoms with Crippen LogP contribution in [-0.4, -0.2) is 21.1 Å². The summed E-state index contributed by atoms with van der Waals surface area (Å²) in [6.07, 6.45) is 2.64. The van der Waals surface area contributed by atoms with E-state index in [0.717, 1.165) is 29.0 Å². The van der Waals surface area contributed by atoms with Crippen molar-refractivity contribution in [3.8, 4) is 5.75 Å². The van der Waals surface area contributed by atoms with Crippen LogP contribution in [0.15, 0.2) is 28.8 Å². The number of imidazole rings is 1. The molecule has 0 saturated heterocycles. The Bertz CT molecular complexity index is 760. The van der Waals surface area contributed by atoms with Gasteiger partial charge in [-0.25, -0.2) is 9.97 Å². The minimum atomic E-state index is 0.424. The van der Waals surface area contributed by atoms with E-state index in [1.54, 1.807) is 6.20 Å². The molecule has 6 nitrogen and oxygen atoms in total. The van der Waals surface area contributed by atoms with Gasteiger partial charge >= 0.3 is 0 Å². The fraction of sp³-hybridized carbons (Fsp3) is 0.333. The lowest BCUT2D eigenvalue weighted by molar-refractivity contribution is 0.320. The summed E-state index contributed by atoms with van der Waals surface area (Å²) in [4.78, 5) is 8.62. The van der Waals surface area contributed by atoms with Crippen molar-refractivity contribution in [3.05, 3.63) is 36.0 Å². The van der Waals surface area contributed by atoms with Crippen LogP contribution in [0, 0.1) is 6.92 Å². The zero-order chi connectivity index (χ0) is 14.8. The van der Waals surface area contributed by atoms with E-state index in [-0.39, 0.29) is 0 Å². The third-order valence-electron chi connectivity index (χ3n) is 3.20. The van der Waals surface area contributed by atoms with Crippen LogP contribution in [0.25, 0.3) is 11.0 Å². The molecule has 3 aromatic rings. The van der Waals surface area contributed by atoms with Crippen LogP contribution in [0.1, 0.15) is 25.0 Å². The van der Waals surface area contributed by atoms with Crippen LogP contribution in [0.5, 0.6) is 5.75 Å². The van der Waals surface area contributed by atoms with Crippen molar-refractivity contribution >= 4 is 17.0 Å². The number of rotatable bonds is 5. The van der Waals surface area contributed by atoms with E-state index < -0.39 is 0 Å². The highest BCUT2D eigenvalue weighted by molar-refractivity contribution is 5.84. The summed E-state index contributed by atoms with van der Waals surface area (Å²) in [6.45, 7) is 5.04. The summed E-state index contributed by atoms with van der Waals surface area (Å²) in [5, 5.41) is 0. The summed E-state index contributed by atoms with van der Waals surface area (Å²) in [6, 6.07) is 5.81. The second kappa shape index (κ2) is 5.47. The standard InChI is InChI=1S/C15H18N4O2/c1-3-7-20-12-6-4-5-11-14(12)18-15(16)19(11)9-13-17-8-10(2)21-13/h4-6,8H,3,7,9H2,1-2H3,(H2,16,18). The maximum absolute atomic E-state index is 6.03. The number of nitrogens with zero attached hydrogens (tertiary/aromatic N) is 3. The average Bonchev–Trinajstić information content (AvgIpc) is 3.02. The second-order valence-corrected chi connectivity index (χ2v) is 4.89. The number of fused-ring (bicyclic) bond motifs is 1. The van der Waals surface area contributed by atoms with Crippen LogP contribution >= 0.6 is 0 Å². The number of hydrogen-bond acceptors (Lipinski definition) is 5. The molecule has 0 spiro atoms. The van der Waals surface area contributed by atoms with Gasteiger partial charge in [-0.1, -0.05) is 13.0 Å². The number of aromatic nitrogens is 3. The highest BCUT2D eigenvalue weighted by Crippen LogP contribution is 2.27. The summed E-state index contributed by atoms with van der Waals surface area (Å²) < 4.78 is 13.1. The van der Waals surface area contributed by atoms with Gasteiger partial charge in [0.2, 0.25) is 11.8 Å². The van der Waals surface area contributed by atoms with Crippen molar-refractivity contribution < 1.29 is 9.15 Å². The van der Waals surface area contributed by atoms with Gasteiger partial charge in [-0.15, -0.1) is 0 Å². The molecule has 3 rings (SSSR count). The third-order valence-corrected chi connectivity index (χ3v) is 3.20. The number of anilines is 1. The van der Waals surface area contributed by atoms with Crippen molar-refractivity contribution in [1.82, 2.24) is 14.5 Å². The van der Waals surface area contributed by atoms with E-state index in [1.807, 2.05) is 29.7 Å². The largest absolute Gasteiger partial charge is 0.491 e. The van der Waals surface area contributed by atoms with Crippen molar-refractivity contribution in [1.29, 1.82) is 0 Å². The van der Waals surface area contributed by atoms with E-state index in [1.165, 1.54) is 0 Å². The van der Waals surface area contributed by atoms with Gasteiger partial charge in [0.15, 0.2) is 0 Å². The highest BCUT2D eigenvalue weighted by atomic mass is 16.5. The average molecular weight is 286 g/mol. The molecule has 2 N–H and O–H groups in total. The Balaban J connectivity index is 2.00. The lowest BCUT2D eigenvalue weighted by Crippen LogP contribution is -2.04. The SMILES string of the molecule is CCCOc1cccc2c1nc(N)n2Cc1ncc(C)o1. The van der Waals surface area contributed by atoms with Crippen LogP contribution in [-0.2, 0) is 6.54 Å². The number of nitrogen functional groups attached to an aromatic ring is 1. The van der Waals surface area contributed by atoms with Gasteiger partial charge in [-0.3, -0.25) is 0 Å². The van der Waals surface area contributed by atoms with E-state index in [4.69, 9.17) is 14.9 Å². The van der Waals surface area contributed by atoms with Gasteiger partial charge in [0.1, 0.15) is 23.6 Å². The normalized spacial score (nSPS) is 11.1. The zero-order valence-electron chi connectivity index (χ0n) is 12.2. The van der Waals surface area contributed by atoms with Gasteiger partial charge in [0, 0.05) is 0 Å². The van der Waals surface area contributed by atoms with E-state index in [2.05, 4.69) is 16.9 Å². The smallest absolute Gasteiger partial charge is 0.214 e. The minimum absolute atomic E-state index is 0.424. The number of benzene rings is 1. The lowest BCUT2D eigenvalue weighted by Gasteiger charge is -2.06. The molecule has 0 unspecified atom stereocenters. The van der Waals surface area contributed by atoms with Crippen molar-refractivity contribution in [3.63, 3.8) is 0 Å². The maximum Gasteiger partial charge on any atom is 0.214 e. The Kier molecular flexibility index (Phi) is 3.51. The summed E-state index contributed by atoms with van der Waals surface area (Å²) in [5.41, 5.74) is 7.72. The minimum Gasteiger partial charge on any atom is -0.491 e. The molecule has 0 bridgehead atoms. The Morgan fingerprint density at radius 2 is 2.24 bits per heavy atom. The molecule has 6 heteroatoms. The van der Waals surface area contributed by atoms with Gasteiger partial charge in [0.05, 0.1) is 18.3 Å². The van der Waals surface area contributed by atoms with Crippen molar-refractivity contribution in [2.45, 2.75) is 26.8 Å². The quantitative estimate of drug-likeness (QED) is 0.780. The number of aryl methyl sites for hydroxylation is 1. The van der Waals surface area contributed by atoms with E-state index >= 15 is 0 Å². The van der Waals surface area contributed by atoms with Crippen LogP contribution < -0.4 is 10.5 Å². The molecule has 2 aromatic heterocycles. The Morgan fingerprint density at radius 3 is 2.95 bits per heavy atom. The first-order valence-electron chi connectivity index (χ1n) is 6.98. The molecule has 0 aliphatic carbocycles. The van der Waals surface area contributed by atoms with Gasteiger partial charge in [0.25, 0.3) is 0 Å². The van der Waals surface area contributed by atoms with Crippen LogP contribution in [0.4, 0.5) is 5.95 Å². The molecule has 0 aliphatic rings. The monoisotopic (exact) mass is 286 g/mol. The molecule has 21 heavy (non-hydrogen) atoms. The Labute approximate surface area is 122 Å². The van der Waals surface area contributed by atoms with Gasteiger partial charge in [-0.2, -0.15) is 0 Å².